The molecule has 286 valence electrons. The summed E-state index contributed by atoms with van der Waals surface area (Å²) in [7, 11) is 0. The van der Waals surface area contributed by atoms with Gasteiger partial charge in [0, 0.05) is 38.1 Å². The Morgan fingerprint density at radius 1 is 0.540 bits per heavy atom. The molecule has 0 aromatic heterocycles. The van der Waals surface area contributed by atoms with Crippen molar-refractivity contribution in [2.45, 2.75) is 173 Å². The van der Waals surface area contributed by atoms with Gasteiger partial charge in [-0.05, 0) is 64.2 Å². The van der Waals surface area contributed by atoms with Crippen molar-refractivity contribution in [3.05, 3.63) is 0 Å². The topological polar surface area (TPSA) is 216 Å². The Morgan fingerprint density at radius 2 is 0.980 bits per heavy atom. The summed E-state index contributed by atoms with van der Waals surface area (Å²) in [4.78, 5) is 82.2. The van der Waals surface area contributed by atoms with Crippen molar-refractivity contribution in [1.82, 2.24) is 16.0 Å². The number of carboxylic acid groups (broad SMARTS) is 3. The summed E-state index contributed by atoms with van der Waals surface area (Å²) in [5.41, 5.74) is 0. The fourth-order valence-electron chi connectivity index (χ4n) is 6.35. The molecule has 0 aromatic rings. The van der Waals surface area contributed by atoms with Gasteiger partial charge in [0.05, 0.1) is 0 Å². The number of hydrogen-bond donors (Lipinski definition) is 6. The van der Waals surface area contributed by atoms with Gasteiger partial charge in [-0.3, -0.25) is 19.2 Å². The quantitative estimate of drug-likeness (QED) is 0.0513. The number of ketones is 1. The van der Waals surface area contributed by atoms with Crippen LogP contribution in [0.25, 0.3) is 0 Å². The van der Waals surface area contributed by atoms with E-state index in [2.05, 4.69) is 16.0 Å². The van der Waals surface area contributed by atoms with Crippen molar-refractivity contribution >= 4 is 41.4 Å². The summed E-state index contributed by atoms with van der Waals surface area (Å²) in [5.74, 6) is -4.57. The molecule has 0 spiro atoms. The molecule has 0 unspecified atom stereocenters. The van der Waals surface area contributed by atoms with Crippen LogP contribution in [0, 0.1) is 11.8 Å². The molecule has 0 radical (unpaired) electrons. The van der Waals surface area contributed by atoms with Crippen LogP contribution in [0.5, 0.6) is 0 Å². The first kappa shape index (κ1) is 44.5. The van der Waals surface area contributed by atoms with Crippen LogP contribution in [0.3, 0.4) is 0 Å². The molecule has 2 atom stereocenters. The number of carbonyl (C=O) groups is 7. The third-order valence-electron chi connectivity index (χ3n) is 9.54. The zero-order chi connectivity index (χ0) is 37.1. The van der Waals surface area contributed by atoms with Crippen molar-refractivity contribution in [3.63, 3.8) is 0 Å². The molecule has 0 aliphatic heterocycles. The third-order valence-corrected chi connectivity index (χ3v) is 9.54. The lowest BCUT2D eigenvalue weighted by Crippen LogP contribution is -2.46. The van der Waals surface area contributed by atoms with E-state index in [1.165, 1.54) is 58.3 Å². The second-order valence-electron chi connectivity index (χ2n) is 14.0. The molecular formula is C37H63N3O10. The van der Waals surface area contributed by atoms with Gasteiger partial charge in [0.15, 0.2) is 0 Å². The van der Waals surface area contributed by atoms with E-state index in [4.69, 9.17) is 5.11 Å². The Kier molecular flexibility index (Phi) is 24.3. The minimum atomic E-state index is -1.29. The van der Waals surface area contributed by atoms with Crippen molar-refractivity contribution in [3.8, 4) is 0 Å². The van der Waals surface area contributed by atoms with Gasteiger partial charge in [0.2, 0.25) is 17.7 Å². The number of aliphatic carboxylic acids is 3. The van der Waals surface area contributed by atoms with E-state index in [1.807, 2.05) is 0 Å². The van der Waals surface area contributed by atoms with Crippen molar-refractivity contribution in [2.24, 2.45) is 11.8 Å². The highest BCUT2D eigenvalue weighted by Crippen LogP contribution is 2.29. The highest BCUT2D eigenvalue weighted by molar-refractivity contribution is 5.87. The van der Waals surface area contributed by atoms with Crippen LogP contribution >= 0.6 is 0 Å². The third kappa shape index (κ3) is 23.0. The molecule has 1 saturated carbocycles. The predicted octanol–water partition coefficient (Wildman–Crippen LogP) is 5.52. The molecule has 13 nitrogen and oxygen atoms in total. The van der Waals surface area contributed by atoms with Gasteiger partial charge in [-0.25, -0.2) is 9.59 Å². The first-order chi connectivity index (χ1) is 23.9. The number of amides is 3. The highest BCUT2D eigenvalue weighted by Gasteiger charge is 2.30. The molecule has 1 rings (SSSR count). The maximum absolute atomic E-state index is 12.8. The lowest BCUT2D eigenvalue weighted by Gasteiger charge is -2.28. The van der Waals surface area contributed by atoms with Gasteiger partial charge >= 0.3 is 17.9 Å². The average molecular weight is 710 g/mol. The first-order valence-electron chi connectivity index (χ1n) is 18.9. The molecule has 13 heteroatoms. The van der Waals surface area contributed by atoms with Gasteiger partial charge in [0.25, 0.3) is 0 Å². The number of nitrogens with one attached hydrogen (secondary N) is 3. The fourth-order valence-corrected chi connectivity index (χ4v) is 6.35. The van der Waals surface area contributed by atoms with Gasteiger partial charge in [0.1, 0.15) is 17.9 Å². The van der Waals surface area contributed by atoms with Crippen LogP contribution in [-0.4, -0.2) is 75.4 Å². The molecule has 50 heavy (non-hydrogen) atoms. The maximum atomic E-state index is 12.8. The molecule has 0 bridgehead atoms. The number of unbranched alkanes of at least 4 members (excludes halogenated alkanes) is 13. The molecule has 1 aliphatic carbocycles. The van der Waals surface area contributed by atoms with Gasteiger partial charge < -0.3 is 36.1 Å². The molecular weight excluding hydrogens is 646 g/mol. The van der Waals surface area contributed by atoms with E-state index in [0.717, 1.165) is 51.4 Å². The van der Waals surface area contributed by atoms with Crippen molar-refractivity contribution < 1.29 is 48.9 Å². The van der Waals surface area contributed by atoms with Gasteiger partial charge in [-0.1, -0.05) is 77.0 Å². The zero-order valence-electron chi connectivity index (χ0n) is 30.2. The minimum Gasteiger partial charge on any atom is -0.481 e. The molecule has 0 heterocycles. The number of hydrogen-bond acceptors (Lipinski definition) is 7. The fraction of sp³-hybridized carbons (Fsp3) is 0.811. The predicted molar refractivity (Wildman–Crippen MR) is 188 cm³/mol. The van der Waals surface area contributed by atoms with Crippen LogP contribution in [0.4, 0.5) is 0 Å². The number of rotatable bonds is 30. The highest BCUT2D eigenvalue weighted by atomic mass is 16.4. The summed E-state index contributed by atoms with van der Waals surface area (Å²) >= 11 is 0. The van der Waals surface area contributed by atoms with Crippen LogP contribution in [0.15, 0.2) is 0 Å². The largest absolute Gasteiger partial charge is 0.481 e. The van der Waals surface area contributed by atoms with Gasteiger partial charge in [-0.15, -0.1) is 0 Å². The standard InChI is InChI=1S/C37H63N3O10/c1-27(41)18-23-30(36(47)48)39-33(43)25-24-31(37(49)50)40-35(46)29-21-19-28(20-22-29)26-38-32(42)16-14-12-10-8-6-4-2-3-5-7-9-11-13-15-17-34(44)45/h28-31H,2-26H2,1H3,(H,38,42)(H,39,43)(H,40,46)(H,44,45)(H,47,48)(H,49,50)/t28?,29?,30-,31-/m0/s1. The van der Waals surface area contributed by atoms with Crippen molar-refractivity contribution in [2.75, 3.05) is 6.54 Å². The average Bonchev–Trinajstić information content (AvgIpc) is 3.06. The van der Waals surface area contributed by atoms with E-state index < -0.39 is 35.9 Å². The van der Waals surface area contributed by atoms with E-state index in [9.17, 15) is 43.8 Å². The molecule has 0 saturated heterocycles. The van der Waals surface area contributed by atoms with E-state index >= 15 is 0 Å². The van der Waals surface area contributed by atoms with E-state index in [0.29, 0.717) is 25.8 Å². The van der Waals surface area contributed by atoms with E-state index in [1.54, 1.807) is 0 Å². The van der Waals surface area contributed by atoms with Crippen LogP contribution in [0.1, 0.15) is 161 Å². The molecule has 3 amide bonds. The maximum Gasteiger partial charge on any atom is 0.326 e. The van der Waals surface area contributed by atoms with Crippen molar-refractivity contribution in [1.29, 1.82) is 0 Å². The summed E-state index contributed by atoms with van der Waals surface area (Å²) in [6.07, 6.45) is 18.7. The van der Waals surface area contributed by atoms with Crippen LogP contribution in [0.2, 0.25) is 0 Å². The Bertz CT molecular complexity index is 1060. The number of carbonyl (C=O) groups excluding carboxylic acids is 4. The number of Topliss-reactive ketones (excluding diaryl/α,β-unsaturated/α-hetero) is 1. The molecule has 0 aromatic carbocycles. The summed E-state index contributed by atoms with van der Waals surface area (Å²) in [6.45, 7) is 1.89. The summed E-state index contributed by atoms with van der Waals surface area (Å²) in [5, 5.41) is 35.3. The Balaban J connectivity index is 2.12. The summed E-state index contributed by atoms with van der Waals surface area (Å²) < 4.78 is 0. The second-order valence-corrected chi connectivity index (χ2v) is 14.0. The molecule has 1 fully saturated rings. The van der Waals surface area contributed by atoms with Crippen LogP contribution < -0.4 is 16.0 Å². The van der Waals surface area contributed by atoms with Crippen LogP contribution in [-0.2, 0) is 33.6 Å². The van der Waals surface area contributed by atoms with Gasteiger partial charge in [-0.2, -0.15) is 0 Å². The SMILES string of the molecule is CC(=O)CC[C@H](NC(=O)CC[C@H](NC(=O)C1CCC(CNC(=O)CCCCCCCCCCCCCCCCC(=O)O)CC1)C(=O)O)C(=O)O. The monoisotopic (exact) mass is 709 g/mol. The summed E-state index contributed by atoms with van der Waals surface area (Å²) in [6, 6.07) is -2.54. The smallest absolute Gasteiger partial charge is 0.326 e. The Morgan fingerprint density at radius 3 is 1.44 bits per heavy atom. The molecule has 1 aliphatic rings. The van der Waals surface area contributed by atoms with E-state index in [-0.39, 0.29) is 61.5 Å². The Labute approximate surface area is 297 Å². The lowest BCUT2D eigenvalue weighted by atomic mass is 9.81. The number of carboxylic acids is 3. The Hall–Kier alpha value is -3.51. The zero-order valence-corrected chi connectivity index (χ0v) is 30.2. The lowest BCUT2D eigenvalue weighted by molar-refractivity contribution is -0.144. The normalized spacial score (nSPS) is 16.9. The minimum absolute atomic E-state index is 0.00863. The molecule has 6 N–H and O–H groups in total. The second kappa shape index (κ2) is 27.2. The first-order valence-corrected chi connectivity index (χ1v) is 18.9.